The summed E-state index contributed by atoms with van der Waals surface area (Å²) in [6.07, 6.45) is 2.88. The summed E-state index contributed by atoms with van der Waals surface area (Å²) in [5, 5.41) is 4.65. The van der Waals surface area contributed by atoms with Gasteiger partial charge in [-0.15, -0.1) is 35.3 Å². The lowest BCUT2D eigenvalue weighted by atomic mass is 10.1. The van der Waals surface area contributed by atoms with Crippen LogP contribution in [0.3, 0.4) is 0 Å². The zero-order chi connectivity index (χ0) is 21.3. The zero-order valence-corrected chi connectivity index (χ0v) is 21.7. The predicted molar refractivity (Wildman–Crippen MR) is 141 cm³/mol. The zero-order valence-electron chi connectivity index (χ0n) is 18.6. The van der Waals surface area contributed by atoms with Crippen LogP contribution in [-0.2, 0) is 12.8 Å². The number of thiazole rings is 1. The number of likely N-dealkylation sites (N-methyl/N-ethyl adjacent to an activating group) is 1. The molecular weight excluding hydrogens is 523 g/mol. The number of nitrogens with one attached hydrogen (secondary N) is 1. The topological polar surface area (TPSA) is 59.0 Å². The van der Waals surface area contributed by atoms with E-state index in [2.05, 4.69) is 46.5 Å². The van der Waals surface area contributed by atoms with E-state index in [1.807, 2.05) is 25.2 Å². The van der Waals surface area contributed by atoms with Crippen LogP contribution < -0.4 is 14.8 Å². The smallest absolute Gasteiger partial charge is 0.193 e. The number of rotatable bonds is 9. The molecule has 0 saturated heterocycles. The fourth-order valence-electron chi connectivity index (χ4n) is 3.29. The van der Waals surface area contributed by atoms with Gasteiger partial charge in [0.25, 0.3) is 0 Å². The monoisotopic (exact) mass is 554 g/mol. The minimum Gasteiger partial charge on any atom is -0.493 e. The minimum atomic E-state index is 0. The molecule has 0 aliphatic carbocycles. The van der Waals surface area contributed by atoms with Crippen molar-refractivity contribution in [2.24, 2.45) is 4.99 Å². The fourth-order valence-corrected chi connectivity index (χ4v) is 4.30. The lowest BCUT2D eigenvalue weighted by Crippen LogP contribution is -2.40. The number of halogens is 1. The Bertz CT molecular complexity index is 960. The number of guanidine groups is 1. The molecule has 0 aliphatic heterocycles. The second-order valence-corrected chi connectivity index (χ2v) is 8.13. The van der Waals surface area contributed by atoms with Crippen LogP contribution in [-0.4, -0.2) is 57.2 Å². The van der Waals surface area contributed by atoms with E-state index in [4.69, 9.17) is 14.5 Å². The number of methoxy groups -OCH3 is 2. The van der Waals surface area contributed by atoms with E-state index in [0.717, 1.165) is 55.3 Å². The van der Waals surface area contributed by atoms with Crippen molar-refractivity contribution >= 4 is 51.5 Å². The maximum Gasteiger partial charge on any atom is 0.193 e. The number of benzene rings is 2. The van der Waals surface area contributed by atoms with Gasteiger partial charge >= 0.3 is 0 Å². The molecule has 0 aliphatic rings. The lowest BCUT2D eigenvalue weighted by Gasteiger charge is -2.22. The van der Waals surface area contributed by atoms with E-state index in [-0.39, 0.29) is 24.0 Å². The first kappa shape index (κ1) is 25.2. The number of para-hydroxylation sites is 1. The molecule has 0 amide bonds. The molecule has 2 aromatic carbocycles. The van der Waals surface area contributed by atoms with E-state index in [9.17, 15) is 0 Å². The van der Waals surface area contributed by atoms with Crippen molar-refractivity contribution < 1.29 is 9.47 Å². The van der Waals surface area contributed by atoms with Crippen molar-refractivity contribution in [3.05, 3.63) is 53.0 Å². The molecule has 0 radical (unpaired) electrons. The molecule has 31 heavy (non-hydrogen) atoms. The first-order valence-corrected chi connectivity index (χ1v) is 10.9. The van der Waals surface area contributed by atoms with Gasteiger partial charge in [0.05, 0.1) is 29.4 Å². The number of ether oxygens (including phenoxy) is 2. The molecule has 6 nitrogen and oxygen atoms in total. The van der Waals surface area contributed by atoms with Crippen molar-refractivity contribution in [1.29, 1.82) is 0 Å². The number of aryl methyl sites for hydroxylation is 1. The number of fused-ring (bicyclic) bond motifs is 1. The Labute approximate surface area is 205 Å². The van der Waals surface area contributed by atoms with Crippen molar-refractivity contribution in [1.82, 2.24) is 15.2 Å². The molecule has 3 rings (SSSR count). The highest BCUT2D eigenvalue weighted by molar-refractivity contribution is 14.0. The molecule has 168 valence electrons. The fraction of sp³-hybridized carbons (Fsp3) is 0.391. The molecule has 0 fully saturated rings. The molecular formula is C23H31IN4O2S. The van der Waals surface area contributed by atoms with Crippen molar-refractivity contribution in [2.45, 2.75) is 19.3 Å². The van der Waals surface area contributed by atoms with Crippen LogP contribution in [0, 0.1) is 0 Å². The summed E-state index contributed by atoms with van der Waals surface area (Å²) >= 11 is 1.78. The molecule has 0 unspecified atom stereocenters. The Morgan fingerprint density at radius 2 is 1.87 bits per heavy atom. The number of nitrogens with zero attached hydrogens (tertiary/aromatic N) is 3. The number of aromatic nitrogens is 1. The Morgan fingerprint density at radius 3 is 2.58 bits per heavy atom. The normalized spacial score (nSPS) is 11.2. The van der Waals surface area contributed by atoms with Crippen LogP contribution in [0.25, 0.3) is 10.2 Å². The second-order valence-electron chi connectivity index (χ2n) is 7.01. The Kier molecular flexibility index (Phi) is 10.3. The van der Waals surface area contributed by atoms with Gasteiger partial charge in [-0.3, -0.25) is 4.99 Å². The lowest BCUT2D eigenvalue weighted by molar-refractivity contribution is 0.354. The van der Waals surface area contributed by atoms with Gasteiger partial charge in [0.1, 0.15) is 0 Å². The predicted octanol–water partition coefficient (Wildman–Crippen LogP) is 4.61. The van der Waals surface area contributed by atoms with Crippen molar-refractivity contribution in [3.8, 4) is 11.5 Å². The summed E-state index contributed by atoms with van der Waals surface area (Å²) in [6, 6.07) is 14.4. The number of hydrogen-bond acceptors (Lipinski definition) is 5. The number of aliphatic imine (C=N–C) groups is 1. The van der Waals surface area contributed by atoms with E-state index in [1.165, 1.54) is 15.3 Å². The number of hydrogen-bond donors (Lipinski definition) is 1. The summed E-state index contributed by atoms with van der Waals surface area (Å²) in [7, 11) is 7.19. The third kappa shape index (κ3) is 6.96. The third-order valence-electron chi connectivity index (χ3n) is 4.95. The molecule has 3 aromatic rings. The third-order valence-corrected chi connectivity index (χ3v) is 6.04. The van der Waals surface area contributed by atoms with E-state index < -0.39 is 0 Å². The molecule has 8 heteroatoms. The van der Waals surface area contributed by atoms with Crippen LogP contribution in [0.5, 0.6) is 11.5 Å². The average Bonchev–Trinajstić information content (AvgIpc) is 3.20. The van der Waals surface area contributed by atoms with Gasteiger partial charge in [-0.1, -0.05) is 18.2 Å². The molecule has 0 spiro atoms. The molecule has 0 saturated carbocycles. The summed E-state index contributed by atoms with van der Waals surface area (Å²) < 4.78 is 12.0. The summed E-state index contributed by atoms with van der Waals surface area (Å²) in [4.78, 5) is 11.3. The average molecular weight is 554 g/mol. The largest absolute Gasteiger partial charge is 0.493 e. The van der Waals surface area contributed by atoms with Gasteiger partial charge in [0.2, 0.25) is 0 Å². The van der Waals surface area contributed by atoms with Crippen LogP contribution in [0.1, 0.15) is 17.0 Å². The second kappa shape index (κ2) is 12.7. The molecule has 1 heterocycles. The molecule has 1 N–H and O–H groups in total. The van der Waals surface area contributed by atoms with Gasteiger partial charge < -0.3 is 19.7 Å². The summed E-state index contributed by atoms with van der Waals surface area (Å²) in [6.45, 7) is 1.72. The first-order valence-electron chi connectivity index (χ1n) is 10.1. The minimum absolute atomic E-state index is 0. The standard InChI is InChI=1S/C23H30N4O2S.HI/c1-24-23(25-14-7-10-22-26-18-8-5-6-9-21(18)30-22)27(2)15-13-17-11-12-19(28-3)20(16-17)29-4;/h5-6,8-9,11-12,16H,7,10,13-15H2,1-4H3,(H,24,25);1H. The highest BCUT2D eigenvalue weighted by Gasteiger charge is 2.09. The first-order chi connectivity index (χ1) is 14.6. The Balaban J connectivity index is 0.00000341. The molecule has 0 bridgehead atoms. The van der Waals surface area contributed by atoms with Gasteiger partial charge in [0.15, 0.2) is 17.5 Å². The highest BCUT2D eigenvalue weighted by Crippen LogP contribution is 2.27. The van der Waals surface area contributed by atoms with Crippen LogP contribution in [0.2, 0.25) is 0 Å². The maximum absolute atomic E-state index is 5.39. The quantitative estimate of drug-likeness (QED) is 0.181. The van der Waals surface area contributed by atoms with E-state index in [0.29, 0.717) is 0 Å². The summed E-state index contributed by atoms with van der Waals surface area (Å²) in [5.41, 5.74) is 2.29. The van der Waals surface area contributed by atoms with Crippen LogP contribution in [0.4, 0.5) is 0 Å². The van der Waals surface area contributed by atoms with E-state index in [1.54, 1.807) is 25.6 Å². The van der Waals surface area contributed by atoms with E-state index >= 15 is 0 Å². The van der Waals surface area contributed by atoms with Gasteiger partial charge in [-0.2, -0.15) is 0 Å². The van der Waals surface area contributed by atoms with Gasteiger partial charge in [-0.05, 0) is 42.7 Å². The van der Waals surface area contributed by atoms with Crippen LogP contribution >= 0.6 is 35.3 Å². The SMILES string of the molecule is CN=C(NCCCc1nc2ccccc2s1)N(C)CCc1ccc(OC)c(OC)c1.I. The van der Waals surface area contributed by atoms with Gasteiger partial charge in [-0.25, -0.2) is 4.98 Å². The Hall–Kier alpha value is -2.07. The Morgan fingerprint density at radius 1 is 1.10 bits per heavy atom. The van der Waals surface area contributed by atoms with Crippen molar-refractivity contribution in [3.63, 3.8) is 0 Å². The van der Waals surface area contributed by atoms with Crippen molar-refractivity contribution in [2.75, 3.05) is 41.4 Å². The molecule has 1 aromatic heterocycles. The van der Waals surface area contributed by atoms with Gasteiger partial charge in [0, 0.05) is 33.6 Å². The maximum atomic E-state index is 5.39. The molecule has 0 atom stereocenters. The van der Waals surface area contributed by atoms with Crippen LogP contribution in [0.15, 0.2) is 47.5 Å². The highest BCUT2D eigenvalue weighted by atomic mass is 127. The summed E-state index contributed by atoms with van der Waals surface area (Å²) in [5.74, 6) is 2.41.